The van der Waals surface area contributed by atoms with Gasteiger partial charge in [-0.1, -0.05) is 18.9 Å². The fourth-order valence-electron chi connectivity index (χ4n) is 7.38. The quantitative estimate of drug-likeness (QED) is 0.418. The molecular formula is C26H32O8. The third-order valence-electron chi connectivity index (χ3n) is 9.19. The zero-order valence-electron chi connectivity index (χ0n) is 19.1. The summed E-state index contributed by atoms with van der Waals surface area (Å²) in [7, 11) is 0. The minimum Gasteiger partial charge on any atom is -0.508 e. The van der Waals surface area contributed by atoms with Gasteiger partial charge in [0.05, 0.1) is 0 Å². The van der Waals surface area contributed by atoms with E-state index >= 15 is 0 Å². The highest BCUT2D eigenvalue weighted by atomic mass is 16.7. The molecule has 5 N–H and O–H groups in total. The summed E-state index contributed by atoms with van der Waals surface area (Å²) in [6.07, 6.45) is 2.62. The van der Waals surface area contributed by atoms with E-state index in [9.17, 15) is 30.3 Å². The molecule has 0 spiro atoms. The van der Waals surface area contributed by atoms with Crippen LogP contribution in [0.25, 0.3) is 0 Å². The molecule has 184 valence electrons. The molecule has 8 heteroatoms. The van der Waals surface area contributed by atoms with Gasteiger partial charge in [0.25, 0.3) is 0 Å². The van der Waals surface area contributed by atoms with Gasteiger partial charge in [0, 0.05) is 5.41 Å². The number of hydrogen-bond donors (Lipinski definition) is 5. The lowest BCUT2D eigenvalue weighted by Gasteiger charge is -2.54. The molecule has 1 saturated heterocycles. The van der Waals surface area contributed by atoms with Crippen molar-refractivity contribution in [3.05, 3.63) is 29.3 Å². The van der Waals surface area contributed by atoms with Crippen molar-refractivity contribution in [2.24, 2.45) is 17.3 Å². The molecule has 5 rings (SSSR count). The molecule has 10 atom stereocenters. The average Bonchev–Trinajstić information content (AvgIpc) is 3.11. The van der Waals surface area contributed by atoms with Gasteiger partial charge in [0.1, 0.15) is 29.7 Å². The Morgan fingerprint density at radius 3 is 2.62 bits per heavy atom. The van der Waals surface area contributed by atoms with Crippen LogP contribution < -0.4 is 0 Å². The number of benzene rings is 1. The van der Waals surface area contributed by atoms with Gasteiger partial charge in [-0.25, -0.2) is 4.79 Å². The number of carboxylic acids is 1. The molecule has 1 aromatic rings. The van der Waals surface area contributed by atoms with E-state index in [0.717, 1.165) is 32.1 Å². The monoisotopic (exact) mass is 472 g/mol. The average molecular weight is 473 g/mol. The maximum atomic E-state index is 11.5. The number of hydrogen-bond acceptors (Lipinski definition) is 7. The van der Waals surface area contributed by atoms with Gasteiger partial charge in [0.15, 0.2) is 12.4 Å². The highest BCUT2D eigenvalue weighted by molar-refractivity contribution is 5.73. The highest BCUT2D eigenvalue weighted by Gasteiger charge is 2.64. The summed E-state index contributed by atoms with van der Waals surface area (Å²) in [5, 5.41) is 50.1. The Kier molecular flexibility index (Phi) is 5.70. The fraction of sp³-hybridized carbons (Fsp3) is 0.654. The number of aliphatic carboxylic acids is 1. The van der Waals surface area contributed by atoms with E-state index in [2.05, 4.69) is 12.8 Å². The predicted molar refractivity (Wildman–Crippen MR) is 120 cm³/mol. The molecule has 1 aromatic carbocycles. The number of aromatic hydroxyl groups is 1. The molecule has 34 heavy (non-hydrogen) atoms. The number of fused-ring (bicyclic) bond motifs is 5. The van der Waals surface area contributed by atoms with Crippen molar-refractivity contribution in [1.29, 1.82) is 0 Å². The van der Waals surface area contributed by atoms with Crippen LogP contribution in [0.15, 0.2) is 18.2 Å². The number of phenols is 1. The Morgan fingerprint density at radius 1 is 1.15 bits per heavy atom. The summed E-state index contributed by atoms with van der Waals surface area (Å²) in [6, 6.07) is 5.65. The molecule has 3 fully saturated rings. The molecular weight excluding hydrogens is 440 g/mol. The van der Waals surface area contributed by atoms with Gasteiger partial charge in [-0.3, -0.25) is 0 Å². The third-order valence-corrected chi connectivity index (χ3v) is 9.19. The number of aryl methyl sites for hydroxylation is 1. The Morgan fingerprint density at radius 2 is 1.91 bits per heavy atom. The van der Waals surface area contributed by atoms with E-state index in [4.69, 9.17) is 15.9 Å². The standard InChI is InChI=1S/C26H32O8/c1-3-26(34-24-21(30)19(28)20(29)22(33-24)23(31)32)11-9-18-17-6-4-13-12-14(27)5-7-15(13)16(17)8-10-25(18,26)2/h1,5,7,12,16-22,24,27-30H,4,6,8-11H2,2H3,(H,31,32)/t16-,17+,18+,19-,20-,21+,22-,24-,25-,26-/m0/s1. The molecule has 0 unspecified atom stereocenters. The van der Waals surface area contributed by atoms with Gasteiger partial charge in [-0.15, -0.1) is 6.42 Å². The van der Waals surface area contributed by atoms with Crippen molar-refractivity contribution in [3.63, 3.8) is 0 Å². The largest absolute Gasteiger partial charge is 0.508 e. The summed E-state index contributed by atoms with van der Waals surface area (Å²) < 4.78 is 11.7. The number of aliphatic hydroxyl groups is 3. The number of carboxylic acid groups (broad SMARTS) is 1. The predicted octanol–water partition coefficient (Wildman–Crippen LogP) is 1.53. The summed E-state index contributed by atoms with van der Waals surface area (Å²) in [6.45, 7) is 2.11. The minimum atomic E-state index is -1.78. The zero-order chi connectivity index (χ0) is 24.4. The van der Waals surface area contributed by atoms with Crippen LogP contribution in [0, 0.1) is 29.6 Å². The molecule has 8 nitrogen and oxygen atoms in total. The van der Waals surface area contributed by atoms with E-state index in [1.165, 1.54) is 11.1 Å². The van der Waals surface area contributed by atoms with Crippen molar-refractivity contribution < 1.29 is 39.8 Å². The number of rotatable bonds is 3. The Labute approximate surface area is 198 Å². The highest BCUT2D eigenvalue weighted by Crippen LogP contribution is 2.65. The molecule has 0 amide bonds. The lowest BCUT2D eigenvalue weighted by Crippen LogP contribution is -2.63. The number of carbonyl (C=O) groups is 1. The van der Waals surface area contributed by atoms with Crippen LogP contribution in [-0.4, -0.2) is 67.8 Å². The van der Waals surface area contributed by atoms with Crippen LogP contribution in [0.1, 0.15) is 56.1 Å². The van der Waals surface area contributed by atoms with E-state index in [-0.39, 0.29) is 11.7 Å². The van der Waals surface area contributed by atoms with Crippen LogP contribution >= 0.6 is 0 Å². The fourth-order valence-corrected chi connectivity index (χ4v) is 7.38. The van der Waals surface area contributed by atoms with Crippen LogP contribution in [0.3, 0.4) is 0 Å². The smallest absolute Gasteiger partial charge is 0.335 e. The van der Waals surface area contributed by atoms with Crippen LogP contribution in [0.2, 0.25) is 0 Å². The normalized spacial score (nSPS) is 45.5. The Bertz CT molecular complexity index is 1020. The van der Waals surface area contributed by atoms with Gasteiger partial charge in [-0.2, -0.15) is 0 Å². The first-order chi connectivity index (χ1) is 16.1. The topological polar surface area (TPSA) is 137 Å². The second-order valence-corrected chi connectivity index (χ2v) is 10.6. The molecule has 3 aliphatic carbocycles. The van der Waals surface area contributed by atoms with E-state index < -0.39 is 47.7 Å². The Hall–Kier alpha value is -2.15. The maximum Gasteiger partial charge on any atom is 0.335 e. The number of phenolic OH excluding ortho intramolecular Hbond substituents is 1. The first kappa shape index (κ1) is 23.6. The van der Waals surface area contributed by atoms with Gasteiger partial charge >= 0.3 is 5.97 Å². The number of terminal acetylenes is 1. The molecule has 4 aliphatic rings. The van der Waals surface area contributed by atoms with E-state index in [0.29, 0.717) is 18.3 Å². The van der Waals surface area contributed by atoms with Crippen molar-refractivity contribution in [3.8, 4) is 18.1 Å². The summed E-state index contributed by atoms with van der Waals surface area (Å²) in [5.74, 6) is 2.70. The van der Waals surface area contributed by atoms with Crippen LogP contribution in [0.5, 0.6) is 5.75 Å². The molecule has 0 bridgehead atoms. The first-order valence-electron chi connectivity index (χ1n) is 12.0. The lowest BCUT2D eigenvalue weighted by molar-refractivity contribution is -0.324. The van der Waals surface area contributed by atoms with Crippen LogP contribution in [0.4, 0.5) is 0 Å². The third kappa shape index (κ3) is 3.29. The van der Waals surface area contributed by atoms with Gasteiger partial charge in [0.2, 0.25) is 0 Å². The van der Waals surface area contributed by atoms with Gasteiger partial charge < -0.3 is 35.0 Å². The van der Waals surface area contributed by atoms with Crippen molar-refractivity contribution in [2.75, 3.05) is 0 Å². The summed E-state index contributed by atoms with van der Waals surface area (Å²) in [5.41, 5.74) is 0.963. The molecule has 0 aromatic heterocycles. The summed E-state index contributed by atoms with van der Waals surface area (Å²) in [4.78, 5) is 11.5. The number of ether oxygens (including phenoxy) is 2. The second kappa shape index (κ2) is 8.21. The van der Waals surface area contributed by atoms with Crippen molar-refractivity contribution in [1.82, 2.24) is 0 Å². The van der Waals surface area contributed by atoms with E-state index in [1.54, 1.807) is 6.07 Å². The second-order valence-electron chi connectivity index (χ2n) is 10.6. The van der Waals surface area contributed by atoms with Gasteiger partial charge in [-0.05, 0) is 79.5 Å². The zero-order valence-corrected chi connectivity index (χ0v) is 19.1. The maximum absolute atomic E-state index is 11.5. The Balaban J connectivity index is 1.42. The molecule has 2 saturated carbocycles. The van der Waals surface area contributed by atoms with E-state index in [1.807, 2.05) is 12.1 Å². The lowest BCUT2D eigenvalue weighted by atomic mass is 9.53. The van der Waals surface area contributed by atoms with Crippen molar-refractivity contribution in [2.45, 2.75) is 87.7 Å². The molecule has 1 heterocycles. The SMILES string of the molecule is C#C[C@]1(O[C@@H]2O[C@H](C(=O)O)[C@@H](O)[C@H](O)[C@H]2O)CC[C@@H]2[C@@H]3CCc4cc(O)ccc4[C@@H]3CC[C@@]21C. The van der Waals surface area contributed by atoms with Crippen molar-refractivity contribution >= 4 is 5.97 Å². The summed E-state index contributed by atoms with van der Waals surface area (Å²) >= 11 is 0. The first-order valence-corrected chi connectivity index (χ1v) is 12.0. The minimum absolute atomic E-state index is 0.260. The number of aliphatic hydroxyl groups excluding tert-OH is 3. The molecule has 0 radical (unpaired) electrons. The van der Waals surface area contributed by atoms with Crippen LogP contribution in [-0.2, 0) is 20.7 Å². The molecule has 1 aliphatic heterocycles.